The van der Waals surface area contributed by atoms with Crippen molar-refractivity contribution < 1.29 is 4.79 Å². The molecule has 8 nitrogen and oxygen atoms in total. The summed E-state index contributed by atoms with van der Waals surface area (Å²) in [6.07, 6.45) is 5.91. The smallest absolute Gasteiger partial charge is 0.330 e. The minimum absolute atomic E-state index is 0.0631. The van der Waals surface area contributed by atoms with Gasteiger partial charge >= 0.3 is 5.69 Å². The van der Waals surface area contributed by atoms with E-state index >= 15 is 0 Å². The third-order valence-electron chi connectivity index (χ3n) is 5.36. The van der Waals surface area contributed by atoms with E-state index in [4.69, 9.17) is 0 Å². The fourth-order valence-electron chi connectivity index (χ4n) is 3.80. The Morgan fingerprint density at radius 3 is 2.54 bits per heavy atom. The Morgan fingerprint density at radius 2 is 1.79 bits per heavy atom. The first-order valence-electron chi connectivity index (χ1n) is 9.26. The fraction of sp³-hybridized carbons (Fsp3) is 0.350. The van der Waals surface area contributed by atoms with Gasteiger partial charge in [0.2, 0.25) is 0 Å². The molecule has 8 heteroatoms. The van der Waals surface area contributed by atoms with Gasteiger partial charge in [0.1, 0.15) is 5.65 Å². The number of carbonyl (C=O) groups excluding carboxylic acids is 1. The summed E-state index contributed by atoms with van der Waals surface area (Å²) in [7, 11) is 3.05. The topological polar surface area (TPSA) is 90.1 Å². The number of amides is 1. The molecule has 1 fully saturated rings. The summed E-state index contributed by atoms with van der Waals surface area (Å²) >= 11 is 0. The van der Waals surface area contributed by atoms with Crippen molar-refractivity contribution in [2.75, 3.05) is 6.54 Å². The highest BCUT2D eigenvalue weighted by atomic mass is 16.2. The normalized spacial score (nSPS) is 17.1. The van der Waals surface area contributed by atoms with Gasteiger partial charge in [-0.1, -0.05) is 0 Å². The van der Waals surface area contributed by atoms with E-state index in [1.165, 1.54) is 11.6 Å². The third kappa shape index (κ3) is 2.90. The second kappa shape index (κ2) is 7.03. The number of piperidine rings is 1. The predicted octanol–water partition coefficient (Wildman–Crippen LogP) is 1.39. The van der Waals surface area contributed by atoms with E-state index in [0.29, 0.717) is 28.8 Å². The van der Waals surface area contributed by atoms with Crippen molar-refractivity contribution in [1.82, 2.24) is 24.0 Å². The largest absolute Gasteiger partial charge is 0.332 e. The van der Waals surface area contributed by atoms with Crippen LogP contribution in [0.5, 0.6) is 0 Å². The number of rotatable bonds is 2. The molecular weight excluding hydrogens is 358 g/mol. The average Bonchev–Trinajstić information content (AvgIpc) is 2.76. The number of carbonyl (C=O) groups is 1. The number of hydrogen-bond donors (Lipinski definition) is 0. The number of aromatic nitrogens is 4. The molecule has 3 aromatic heterocycles. The molecule has 3 aromatic rings. The van der Waals surface area contributed by atoms with Crippen molar-refractivity contribution in [2.24, 2.45) is 14.1 Å². The molecule has 1 aliphatic heterocycles. The molecule has 1 unspecified atom stereocenters. The third-order valence-corrected chi connectivity index (χ3v) is 5.36. The minimum atomic E-state index is -0.421. The Balaban J connectivity index is 1.80. The molecule has 0 saturated carbocycles. The maximum Gasteiger partial charge on any atom is 0.332 e. The Hall–Kier alpha value is -3.29. The van der Waals surface area contributed by atoms with Gasteiger partial charge < -0.3 is 4.90 Å². The highest BCUT2D eigenvalue weighted by Gasteiger charge is 2.30. The molecule has 1 saturated heterocycles. The van der Waals surface area contributed by atoms with Gasteiger partial charge in [-0.3, -0.25) is 23.7 Å². The van der Waals surface area contributed by atoms with Crippen LogP contribution in [0.3, 0.4) is 0 Å². The van der Waals surface area contributed by atoms with E-state index in [-0.39, 0.29) is 17.5 Å². The summed E-state index contributed by atoms with van der Waals surface area (Å²) in [5.41, 5.74) is 0.829. The first kappa shape index (κ1) is 18.1. The van der Waals surface area contributed by atoms with E-state index < -0.39 is 5.69 Å². The van der Waals surface area contributed by atoms with Crippen LogP contribution in [0, 0.1) is 0 Å². The van der Waals surface area contributed by atoms with Gasteiger partial charge in [0.05, 0.1) is 17.1 Å². The molecule has 1 amide bonds. The molecule has 0 radical (unpaired) electrons. The first-order chi connectivity index (χ1) is 13.5. The second-order valence-electron chi connectivity index (χ2n) is 7.06. The fourth-order valence-corrected chi connectivity index (χ4v) is 3.80. The average molecular weight is 379 g/mol. The highest BCUT2D eigenvalue weighted by Crippen LogP contribution is 2.31. The Morgan fingerprint density at radius 1 is 1.04 bits per heavy atom. The summed E-state index contributed by atoms with van der Waals surface area (Å²) in [5, 5.41) is 0.385. The summed E-state index contributed by atoms with van der Waals surface area (Å²) in [6.45, 7) is 0.640. The van der Waals surface area contributed by atoms with Crippen LogP contribution < -0.4 is 11.2 Å². The van der Waals surface area contributed by atoms with Gasteiger partial charge in [0, 0.05) is 38.6 Å². The molecule has 0 N–H and O–H groups in total. The maximum atomic E-state index is 13.0. The molecule has 4 heterocycles. The van der Waals surface area contributed by atoms with Crippen LogP contribution in [0.4, 0.5) is 0 Å². The lowest BCUT2D eigenvalue weighted by Gasteiger charge is -2.35. The molecule has 0 aliphatic carbocycles. The molecule has 0 aromatic carbocycles. The molecule has 28 heavy (non-hydrogen) atoms. The molecule has 1 aliphatic rings. The molecule has 0 bridgehead atoms. The van der Waals surface area contributed by atoms with Crippen LogP contribution in [0.2, 0.25) is 0 Å². The van der Waals surface area contributed by atoms with Crippen molar-refractivity contribution in [3.05, 3.63) is 68.8 Å². The van der Waals surface area contributed by atoms with Gasteiger partial charge in [-0.05, 0) is 43.5 Å². The summed E-state index contributed by atoms with van der Waals surface area (Å²) in [5.74, 6) is -0.0631. The van der Waals surface area contributed by atoms with Gasteiger partial charge in [-0.15, -0.1) is 0 Å². The van der Waals surface area contributed by atoms with E-state index in [9.17, 15) is 14.4 Å². The van der Waals surface area contributed by atoms with Crippen LogP contribution in [0.25, 0.3) is 11.0 Å². The van der Waals surface area contributed by atoms with Crippen LogP contribution in [0.1, 0.15) is 41.4 Å². The Labute approximate surface area is 161 Å². The lowest BCUT2D eigenvalue weighted by molar-refractivity contribution is 0.0606. The molecule has 4 rings (SSSR count). The number of fused-ring (bicyclic) bond motifs is 1. The van der Waals surface area contributed by atoms with Crippen LogP contribution >= 0.6 is 0 Å². The number of hydrogen-bond acceptors (Lipinski definition) is 5. The first-order valence-corrected chi connectivity index (χ1v) is 9.26. The van der Waals surface area contributed by atoms with E-state index in [1.807, 2.05) is 4.90 Å². The number of nitrogens with zero attached hydrogens (tertiary/aromatic N) is 5. The van der Waals surface area contributed by atoms with Crippen molar-refractivity contribution in [3.8, 4) is 0 Å². The monoisotopic (exact) mass is 379 g/mol. The lowest BCUT2D eigenvalue weighted by atomic mass is 9.97. The summed E-state index contributed by atoms with van der Waals surface area (Å²) in [6, 6.07) is 6.70. The van der Waals surface area contributed by atoms with Gasteiger partial charge in [-0.2, -0.15) is 0 Å². The quantitative estimate of drug-likeness (QED) is 0.671. The summed E-state index contributed by atoms with van der Waals surface area (Å²) < 4.78 is 2.45. The van der Waals surface area contributed by atoms with Crippen LogP contribution in [-0.4, -0.2) is 36.5 Å². The van der Waals surface area contributed by atoms with Crippen LogP contribution in [0.15, 0.2) is 46.2 Å². The number of aryl methyl sites for hydroxylation is 1. The second-order valence-corrected chi connectivity index (χ2v) is 7.06. The van der Waals surface area contributed by atoms with Crippen molar-refractivity contribution in [1.29, 1.82) is 0 Å². The summed E-state index contributed by atoms with van der Waals surface area (Å²) in [4.78, 5) is 48.1. The Bertz CT molecular complexity index is 1170. The zero-order valence-electron chi connectivity index (χ0n) is 15.8. The van der Waals surface area contributed by atoms with Crippen molar-refractivity contribution >= 4 is 16.9 Å². The lowest BCUT2D eigenvalue weighted by Crippen LogP contribution is -2.40. The molecule has 1 atom stereocenters. The van der Waals surface area contributed by atoms with Crippen molar-refractivity contribution in [3.63, 3.8) is 0 Å². The van der Waals surface area contributed by atoms with Crippen LogP contribution in [-0.2, 0) is 14.1 Å². The van der Waals surface area contributed by atoms with Crippen molar-refractivity contribution in [2.45, 2.75) is 25.3 Å². The zero-order valence-corrected chi connectivity index (χ0v) is 15.8. The van der Waals surface area contributed by atoms with E-state index in [0.717, 1.165) is 23.8 Å². The van der Waals surface area contributed by atoms with Gasteiger partial charge in [0.15, 0.2) is 0 Å². The molecule has 144 valence electrons. The Kier molecular flexibility index (Phi) is 4.54. The van der Waals surface area contributed by atoms with E-state index in [2.05, 4.69) is 9.97 Å². The van der Waals surface area contributed by atoms with Gasteiger partial charge in [0.25, 0.3) is 11.5 Å². The molecular formula is C20H21N5O3. The minimum Gasteiger partial charge on any atom is -0.330 e. The highest BCUT2D eigenvalue weighted by molar-refractivity contribution is 5.94. The molecule has 0 spiro atoms. The number of likely N-dealkylation sites (tertiary alicyclic amines) is 1. The number of pyridine rings is 2. The SMILES string of the molecule is Cn1c(=O)c2ccc(C3CCCCN3C(=O)c3ccncc3)nc2n(C)c1=O. The zero-order chi connectivity index (χ0) is 19.8. The van der Waals surface area contributed by atoms with E-state index in [1.54, 1.807) is 43.7 Å². The maximum absolute atomic E-state index is 13.0. The van der Waals surface area contributed by atoms with Gasteiger partial charge in [-0.25, -0.2) is 9.78 Å². The standard InChI is InChI=1S/C20H21N5O3/c1-23-17-14(19(27)24(2)20(23)28)6-7-15(22-17)16-5-3-4-12-25(16)18(26)13-8-10-21-11-9-13/h6-11,16H,3-5,12H2,1-2H3. The predicted molar refractivity (Wildman–Crippen MR) is 104 cm³/mol.